The Bertz CT molecular complexity index is 2000. The highest BCUT2D eigenvalue weighted by molar-refractivity contribution is 7.08. The molecule has 0 bridgehead atoms. The van der Waals surface area contributed by atoms with E-state index in [1.807, 2.05) is 82.4 Å². The zero-order valence-corrected chi connectivity index (χ0v) is 47.9. The molecule has 0 radical (unpaired) electrons. The standard InChI is InChI=1S/C4H5N.C4H4O.C4H4S.2C3H4N2.2C3H3NO.2C3H3NS.3C2H3N3.2C2H2N2O.2C2H2N2S.CH2N4/c3*1-2-4-5-3-1;1-2-5-3-4-1;1-2-4-5-3-1;1-2-5-3-4-1;1-2-4-5-3-1;1-2-5-3-4-1;1-2-4-5-3-1;2*1-3-2-5-4-1;1-2-4-5-3-1;1-3-4-2-5-1;1-3-2-5-4-1;1-3-4-2-5-1;1-3-2-5-4-1;1-2-4-5-3-1/h1-5H;2*1-4H;2*1-3H,(H,4,5);4*1-3H;3*1-2H,(H,3,4,5);4*1-2H;1H,(H,2,3,4,5). The summed E-state index contributed by atoms with van der Waals surface area (Å²) >= 11 is 7.62. The van der Waals surface area contributed by atoms with Crippen molar-refractivity contribution in [2.75, 3.05) is 0 Å². The van der Waals surface area contributed by atoms with Crippen LogP contribution in [-0.2, 0) is 0 Å². The highest BCUT2D eigenvalue weighted by Gasteiger charge is 1.67. The maximum absolute atomic E-state index is 4.58. The van der Waals surface area contributed by atoms with Gasteiger partial charge in [-0.1, -0.05) is 27.7 Å². The lowest BCUT2D eigenvalue weighted by Gasteiger charge is -1.50. The molecule has 85 heavy (non-hydrogen) atoms. The van der Waals surface area contributed by atoms with Gasteiger partial charge in [0.15, 0.2) is 19.0 Å². The number of thiophene rings is 1. The van der Waals surface area contributed by atoms with Crippen LogP contribution in [-0.4, -0.2) is 151 Å². The molecule has 0 atom stereocenters. The molecule has 442 valence electrons. The van der Waals surface area contributed by atoms with Gasteiger partial charge < -0.3 is 32.3 Å². The summed E-state index contributed by atoms with van der Waals surface area (Å²) in [5.41, 5.74) is 6.83. The monoisotopic (exact) mass is 1250 g/mol. The minimum Gasteiger partial charge on any atom is -0.473 e. The van der Waals surface area contributed by atoms with Crippen LogP contribution >= 0.6 is 57.1 Å². The van der Waals surface area contributed by atoms with Crippen molar-refractivity contribution in [3.8, 4) is 0 Å². The zero-order chi connectivity index (χ0) is 60.1. The number of hydrogen-bond acceptors (Lipinski definition) is 33. The molecule has 0 aliphatic rings. The van der Waals surface area contributed by atoms with Gasteiger partial charge in [-0.15, -0.1) is 53.3 Å². The van der Waals surface area contributed by atoms with Crippen molar-refractivity contribution in [3.63, 3.8) is 0 Å². The fourth-order valence-corrected chi connectivity index (χ4v) is 4.74. The minimum absolute atomic E-state index is 1.26. The molecule has 0 aromatic carbocycles. The van der Waals surface area contributed by atoms with Gasteiger partial charge in [0.2, 0.25) is 19.2 Å². The molecule has 17 aromatic heterocycles. The number of nitrogens with zero attached hydrogens (tertiary/aromatic N) is 23. The number of furan rings is 1. The molecular formula is C45H52N30O5S5. The van der Waals surface area contributed by atoms with E-state index in [1.165, 1.54) is 117 Å². The molecule has 17 rings (SSSR count). The molecule has 0 spiro atoms. The maximum atomic E-state index is 4.58. The van der Waals surface area contributed by atoms with Gasteiger partial charge in [0.25, 0.3) is 0 Å². The van der Waals surface area contributed by atoms with E-state index < -0.39 is 0 Å². The lowest BCUT2D eigenvalue weighted by Crippen LogP contribution is -1.64. The number of H-pyrrole nitrogens is 7. The smallest absolute Gasteiger partial charge is 0.213 e. The molecule has 40 heteroatoms. The van der Waals surface area contributed by atoms with Gasteiger partial charge in [-0.05, 0) is 76.3 Å². The Morgan fingerprint density at radius 2 is 1.12 bits per heavy atom. The van der Waals surface area contributed by atoms with E-state index in [2.05, 4.69) is 173 Å². The molecule has 7 N–H and O–H groups in total. The quantitative estimate of drug-likeness (QED) is 0.0749. The number of aromatic nitrogens is 30. The van der Waals surface area contributed by atoms with Gasteiger partial charge >= 0.3 is 0 Å². The summed E-state index contributed by atoms with van der Waals surface area (Å²) in [6, 6.07) is 17.1. The molecule has 0 amide bonds. The summed E-state index contributed by atoms with van der Waals surface area (Å²) in [5.74, 6) is 0. The molecular weight excluding hydrogens is 1200 g/mol. The lowest BCUT2D eigenvalue weighted by atomic mass is 10.7. The van der Waals surface area contributed by atoms with E-state index in [9.17, 15) is 0 Å². The molecule has 35 nitrogen and oxygen atoms in total. The van der Waals surface area contributed by atoms with E-state index in [4.69, 9.17) is 0 Å². The fourth-order valence-electron chi connectivity index (χ4n) is 3.04. The van der Waals surface area contributed by atoms with E-state index in [1.54, 1.807) is 132 Å². The van der Waals surface area contributed by atoms with Gasteiger partial charge in [0.1, 0.15) is 60.7 Å². The second-order valence-corrected chi connectivity index (χ2v) is 15.2. The van der Waals surface area contributed by atoms with Crippen LogP contribution < -0.4 is 0 Å². The Kier molecular flexibility index (Phi) is 57.3. The molecule has 17 heterocycles. The second kappa shape index (κ2) is 68.4. The molecule has 0 fully saturated rings. The number of imidazole rings is 1. The van der Waals surface area contributed by atoms with Crippen LogP contribution in [0.15, 0.2) is 296 Å². The number of thiazole rings is 1. The Labute approximate surface area is 501 Å². The Morgan fingerprint density at radius 1 is 0.318 bits per heavy atom. The summed E-state index contributed by atoms with van der Waals surface area (Å²) in [7, 11) is 0. The minimum atomic E-state index is 1.26. The topological polar surface area (TPSA) is 473 Å². The SMILES string of the molecule is c1c[nH]cn1.c1cc[nH]c1.c1ccoc1.c1ccsc1.c1cn[nH]c1.c1cn[nH]n1.c1cnoc1.c1cnsc1.c1cocn1.c1cscn1.c1nc[nH]n1.c1nc[nH]n1.c1ncon1.c1ncsn1.c1nn[nH]n1.c1nnco1.c1nncs1. The van der Waals surface area contributed by atoms with E-state index in [-0.39, 0.29) is 0 Å². The third kappa shape index (κ3) is 66.5. The van der Waals surface area contributed by atoms with Gasteiger partial charge in [-0.25, -0.2) is 34.3 Å². The Hall–Kier alpha value is -11.7. The third-order valence-corrected chi connectivity index (χ3v) is 8.48. The van der Waals surface area contributed by atoms with Crippen molar-refractivity contribution in [2.45, 2.75) is 0 Å². The summed E-state index contributed by atoms with van der Waals surface area (Å²) < 4.78 is 29.4. The first-order valence-corrected chi connectivity index (χ1v) is 27.0. The van der Waals surface area contributed by atoms with Gasteiger partial charge in [0, 0.05) is 60.3 Å². The van der Waals surface area contributed by atoms with Gasteiger partial charge in [0.05, 0.1) is 49.2 Å². The van der Waals surface area contributed by atoms with Crippen LogP contribution in [0.2, 0.25) is 0 Å². The number of nitrogens with one attached hydrogen (secondary N) is 7. The number of rotatable bonds is 0. The molecule has 0 saturated carbocycles. The maximum Gasteiger partial charge on any atom is 0.213 e. The first kappa shape index (κ1) is 71.3. The van der Waals surface area contributed by atoms with Crippen LogP contribution in [0.4, 0.5) is 0 Å². The largest absolute Gasteiger partial charge is 0.473 e. The average Bonchev–Trinajstić information content (AvgIpc) is 4.45. The van der Waals surface area contributed by atoms with E-state index in [0.29, 0.717) is 0 Å². The average molecular weight is 1250 g/mol. The summed E-state index contributed by atoms with van der Waals surface area (Å²) in [6.45, 7) is 0. The van der Waals surface area contributed by atoms with Crippen LogP contribution in [0.5, 0.6) is 0 Å². The van der Waals surface area contributed by atoms with Gasteiger partial charge in [-0.3, -0.25) is 20.3 Å². The fraction of sp³-hybridized carbons (Fsp3) is 0. The number of tetrazole rings is 1. The van der Waals surface area contributed by atoms with Crippen LogP contribution in [0.25, 0.3) is 0 Å². The van der Waals surface area contributed by atoms with E-state index in [0.717, 1.165) is 0 Å². The normalized spacial score (nSPS) is 8.00. The number of aromatic amines is 7. The van der Waals surface area contributed by atoms with Crippen LogP contribution in [0.1, 0.15) is 0 Å². The summed E-state index contributed by atoms with van der Waals surface area (Å²) in [4.78, 5) is 30.8. The van der Waals surface area contributed by atoms with Gasteiger partial charge in [-0.2, -0.15) is 51.6 Å². The molecule has 17 aromatic rings. The highest BCUT2D eigenvalue weighted by Crippen LogP contribution is 1.91. The summed E-state index contributed by atoms with van der Waals surface area (Å²) in [5, 5.41) is 67.8. The van der Waals surface area contributed by atoms with Crippen LogP contribution in [0, 0.1) is 0 Å². The highest BCUT2D eigenvalue weighted by atomic mass is 32.1. The van der Waals surface area contributed by atoms with Crippen molar-refractivity contribution in [3.05, 3.63) is 274 Å². The zero-order valence-electron chi connectivity index (χ0n) is 43.8. The third-order valence-electron chi connectivity index (χ3n) is 5.94. The molecule has 0 saturated heterocycles. The second-order valence-electron chi connectivity index (χ2n) is 11.6. The number of oxazole rings is 1. The predicted octanol–water partition coefficient (Wildman–Crippen LogP) is 8.33. The number of hydrogen-bond donors (Lipinski definition) is 7. The lowest BCUT2D eigenvalue weighted by molar-refractivity contribution is 0.416. The predicted molar refractivity (Wildman–Crippen MR) is 310 cm³/mol. The summed E-state index contributed by atoms with van der Waals surface area (Å²) in [6.07, 6.45) is 43.7. The molecule has 0 aliphatic heterocycles. The van der Waals surface area contributed by atoms with E-state index >= 15 is 0 Å². The van der Waals surface area contributed by atoms with Crippen molar-refractivity contribution in [1.29, 1.82) is 0 Å². The van der Waals surface area contributed by atoms with Crippen molar-refractivity contribution >= 4 is 57.1 Å². The van der Waals surface area contributed by atoms with Crippen molar-refractivity contribution in [2.24, 2.45) is 0 Å². The van der Waals surface area contributed by atoms with Crippen LogP contribution in [0.3, 0.4) is 0 Å². The first-order valence-electron chi connectivity index (χ1n) is 22.5. The molecule has 0 unspecified atom stereocenters. The van der Waals surface area contributed by atoms with Crippen molar-refractivity contribution in [1.82, 2.24) is 151 Å². The Balaban J connectivity index is 0.000000452. The van der Waals surface area contributed by atoms with Crippen molar-refractivity contribution < 1.29 is 22.3 Å². The molecule has 0 aliphatic carbocycles. The first-order chi connectivity index (χ1) is 42.5. The Morgan fingerprint density at radius 3 is 1.31 bits per heavy atom.